The molecule has 1 unspecified atom stereocenters. The summed E-state index contributed by atoms with van der Waals surface area (Å²) in [5.74, 6) is 2.23. The van der Waals surface area contributed by atoms with Crippen molar-refractivity contribution in [2.75, 3.05) is 13.4 Å². The molecule has 0 spiro atoms. The van der Waals surface area contributed by atoms with Gasteiger partial charge in [-0.15, -0.1) is 0 Å². The Morgan fingerprint density at radius 1 is 1.22 bits per heavy atom. The van der Waals surface area contributed by atoms with Crippen LogP contribution in [-0.2, 0) is 6.42 Å². The molecule has 1 N–H and O–H groups in total. The van der Waals surface area contributed by atoms with E-state index in [0.717, 1.165) is 35.7 Å². The van der Waals surface area contributed by atoms with Gasteiger partial charge in [0, 0.05) is 11.8 Å². The number of amides is 1. The van der Waals surface area contributed by atoms with Crippen LogP contribution < -0.4 is 19.6 Å². The highest BCUT2D eigenvalue weighted by molar-refractivity contribution is 5.94. The van der Waals surface area contributed by atoms with E-state index < -0.39 is 0 Å². The van der Waals surface area contributed by atoms with E-state index in [1.54, 1.807) is 30.5 Å². The van der Waals surface area contributed by atoms with Gasteiger partial charge >= 0.3 is 0 Å². The van der Waals surface area contributed by atoms with Gasteiger partial charge in [-0.3, -0.25) is 4.79 Å². The van der Waals surface area contributed by atoms with Gasteiger partial charge in [0.05, 0.1) is 6.61 Å². The lowest BCUT2D eigenvalue weighted by atomic mass is 10.0. The number of fused-ring (bicyclic) bond motifs is 1. The van der Waals surface area contributed by atoms with Crippen LogP contribution in [-0.4, -0.2) is 25.5 Å². The average molecular weight is 368 g/mol. The van der Waals surface area contributed by atoms with Crippen molar-refractivity contribution in [3.8, 4) is 17.2 Å². The quantitative estimate of drug-likeness (QED) is 0.568. The van der Waals surface area contributed by atoms with Gasteiger partial charge in [-0.25, -0.2) is 5.43 Å². The van der Waals surface area contributed by atoms with Gasteiger partial charge in [0.1, 0.15) is 5.75 Å². The van der Waals surface area contributed by atoms with Crippen LogP contribution in [0.15, 0.2) is 47.6 Å². The number of hydrogen-bond acceptors (Lipinski definition) is 5. The van der Waals surface area contributed by atoms with Crippen LogP contribution in [0.25, 0.3) is 0 Å². The average Bonchev–Trinajstić information content (AvgIpc) is 3.14. The van der Waals surface area contributed by atoms with Crippen molar-refractivity contribution in [3.05, 3.63) is 53.6 Å². The number of nitrogens with zero attached hydrogens (tertiary/aromatic N) is 1. The van der Waals surface area contributed by atoms with Crippen molar-refractivity contribution in [1.29, 1.82) is 0 Å². The van der Waals surface area contributed by atoms with Crippen molar-refractivity contribution in [2.24, 2.45) is 11.0 Å². The summed E-state index contributed by atoms with van der Waals surface area (Å²) in [4.78, 5) is 12.1. The molecule has 0 saturated carbocycles. The minimum absolute atomic E-state index is 0.162. The molecule has 0 radical (unpaired) electrons. The molecule has 1 amide bonds. The van der Waals surface area contributed by atoms with Crippen molar-refractivity contribution >= 4 is 12.1 Å². The Labute approximate surface area is 159 Å². The number of benzene rings is 2. The van der Waals surface area contributed by atoms with Crippen molar-refractivity contribution in [3.63, 3.8) is 0 Å². The largest absolute Gasteiger partial charge is 0.494 e. The van der Waals surface area contributed by atoms with Crippen LogP contribution >= 0.6 is 0 Å². The first kappa shape index (κ1) is 18.8. The van der Waals surface area contributed by atoms with Gasteiger partial charge in [-0.1, -0.05) is 19.9 Å². The van der Waals surface area contributed by atoms with Crippen LogP contribution in [0.4, 0.5) is 0 Å². The normalized spacial score (nSPS) is 13.6. The third-order valence-electron chi connectivity index (χ3n) is 4.08. The van der Waals surface area contributed by atoms with Crippen LogP contribution in [0.1, 0.15) is 36.2 Å². The van der Waals surface area contributed by atoms with E-state index in [9.17, 15) is 4.79 Å². The summed E-state index contributed by atoms with van der Waals surface area (Å²) in [5, 5.41) is 4.08. The van der Waals surface area contributed by atoms with Crippen molar-refractivity contribution < 1.29 is 19.0 Å². The smallest absolute Gasteiger partial charge is 0.271 e. The first-order valence-electron chi connectivity index (χ1n) is 9.10. The number of nitrogens with one attached hydrogen (secondary N) is 1. The van der Waals surface area contributed by atoms with Gasteiger partial charge < -0.3 is 14.2 Å². The fraction of sp³-hybridized carbons (Fsp3) is 0.333. The van der Waals surface area contributed by atoms with Crippen LogP contribution in [0.5, 0.6) is 17.2 Å². The third-order valence-corrected chi connectivity index (χ3v) is 4.08. The second kappa shape index (κ2) is 9.07. The SMILES string of the molecule is CCCOc1ccc(C(=O)N/N=C/C(C)Cc2ccc3c(c2)OCO3)cc1. The molecule has 142 valence electrons. The monoisotopic (exact) mass is 368 g/mol. The molecule has 2 aromatic rings. The summed E-state index contributed by atoms with van der Waals surface area (Å²) in [5.41, 5.74) is 4.24. The molecule has 0 aromatic heterocycles. The maximum atomic E-state index is 12.1. The summed E-state index contributed by atoms with van der Waals surface area (Å²) >= 11 is 0. The molecule has 27 heavy (non-hydrogen) atoms. The summed E-state index contributed by atoms with van der Waals surface area (Å²) in [6.07, 6.45) is 3.47. The molecule has 1 heterocycles. The first-order chi connectivity index (χ1) is 13.2. The third kappa shape index (κ3) is 5.23. The summed E-state index contributed by atoms with van der Waals surface area (Å²) < 4.78 is 16.2. The Morgan fingerprint density at radius 2 is 2.00 bits per heavy atom. The van der Waals surface area contributed by atoms with E-state index >= 15 is 0 Å². The molecule has 0 bridgehead atoms. The van der Waals surface area contributed by atoms with Crippen LogP contribution in [0.2, 0.25) is 0 Å². The lowest BCUT2D eigenvalue weighted by molar-refractivity contribution is 0.0955. The predicted molar refractivity (Wildman–Crippen MR) is 104 cm³/mol. The molecular weight excluding hydrogens is 344 g/mol. The van der Waals surface area contributed by atoms with Crippen LogP contribution in [0.3, 0.4) is 0 Å². The zero-order chi connectivity index (χ0) is 19.1. The first-order valence-corrected chi connectivity index (χ1v) is 9.10. The predicted octanol–water partition coefficient (Wildman–Crippen LogP) is 3.80. The zero-order valence-corrected chi connectivity index (χ0v) is 15.6. The van der Waals surface area contributed by atoms with E-state index in [1.165, 1.54) is 0 Å². The Bertz CT molecular complexity index is 802. The topological polar surface area (TPSA) is 69.2 Å². The number of hydrogen-bond donors (Lipinski definition) is 1. The van der Waals surface area contributed by atoms with E-state index in [2.05, 4.69) is 10.5 Å². The standard InChI is InChI=1S/C21H24N2O4/c1-3-10-25-18-7-5-17(6-8-18)21(24)23-22-13-15(2)11-16-4-9-19-20(12-16)27-14-26-19/h4-9,12-13,15H,3,10-11,14H2,1-2H3,(H,23,24)/b22-13+. The fourth-order valence-electron chi connectivity index (χ4n) is 2.70. The number of carbonyl (C=O) groups is 1. The lowest BCUT2D eigenvalue weighted by Gasteiger charge is -2.07. The highest BCUT2D eigenvalue weighted by Crippen LogP contribution is 2.32. The Morgan fingerprint density at radius 3 is 2.78 bits per heavy atom. The second-order valence-corrected chi connectivity index (χ2v) is 6.46. The number of carbonyl (C=O) groups excluding carboxylic acids is 1. The summed E-state index contributed by atoms with van der Waals surface area (Å²) in [6.45, 7) is 5.03. The Hall–Kier alpha value is -3.02. The number of hydrazone groups is 1. The van der Waals surface area contributed by atoms with E-state index in [-0.39, 0.29) is 18.6 Å². The zero-order valence-electron chi connectivity index (χ0n) is 15.6. The van der Waals surface area contributed by atoms with E-state index in [0.29, 0.717) is 12.2 Å². The second-order valence-electron chi connectivity index (χ2n) is 6.46. The molecular formula is C21H24N2O4. The number of rotatable bonds is 8. The molecule has 1 aliphatic heterocycles. The molecule has 2 aromatic carbocycles. The van der Waals surface area contributed by atoms with Gasteiger partial charge in [-0.05, 0) is 60.7 Å². The van der Waals surface area contributed by atoms with Crippen molar-refractivity contribution in [2.45, 2.75) is 26.7 Å². The maximum Gasteiger partial charge on any atom is 0.271 e. The lowest BCUT2D eigenvalue weighted by Crippen LogP contribution is -2.18. The molecule has 0 fully saturated rings. The Kier molecular flexibility index (Phi) is 6.30. The highest BCUT2D eigenvalue weighted by atomic mass is 16.7. The van der Waals surface area contributed by atoms with Gasteiger partial charge in [0.25, 0.3) is 5.91 Å². The molecule has 6 nitrogen and oxygen atoms in total. The molecule has 1 aliphatic rings. The van der Waals surface area contributed by atoms with Gasteiger partial charge in [-0.2, -0.15) is 5.10 Å². The molecule has 0 saturated heterocycles. The number of ether oxygens (including phenoxy) is 3. The fourth-order valence-corrected chi connectivity index (χ4v) is 2.70. The minimum Gasteiger partial charge on any atom is -0.494 e. The molecule has 0 aliphatic carbocycles. The van der Waals surface area contributed by atoms with Crippen molar-refractivity contribution in [1.82, 2.24) is 5.43 Å². The molecule has 1 atom stereocenters. The maximum absolute atomic E-state index is 12.1. The highest BCUT2D eigenvalue weighted by Gasteiger charge is 2.14. The minimum atomic E-state index is -0.247. The summed E-state index contributed by atoms with van der Waals surface area (Å²) in [6, 6.07) is 12.9. The molecule has 3 rings (SSSR count). The Balaban J connectivity index is 1.48. The summed E-state index contributed by atoms with van der Waals surface area (Å²) in [7, 11) is 0. The van der Waals surface area contributed by atoms with E-state index in [4.69, 9.17) is 14.2 Å². The van der Waals surface area contributed by atoms with E-state index in [1.807, 2.05) is 32.0 Å². The van der Waals surface area contributed by atoms with Gasteiger partial charge in [0.15, 0.2) is 11.5 Å². The van der Waals surface area contributed by atoms with Gasteiger partial charge in [0.2, 0.25) is 6.79 Å². The van der Waals surface area contributed by atoms with Crippen LogP contribution in [0, 0.1) is 5.92 Å². The molecule has 6 heteroatoms.